The Kier molecular flexibility index (Phi) is 6.28. The molecule has 7 nitrogen and oxygen atoms in total. The average molecular weight is 388 g/mol. The highest BCUT2D eigenvalue weighted by Gasteiger charge is 2.24. The first-order chi connectivity index (χ1) is 13.1. The minimum atomic E-state index is -0.0835. The van der Waals surface area contributed by atoms with Crippen molar-refractivity contribution in [1.29, 1.82) is 0 Å². The summed E-state index contributed by atoms with van der Waals surface area (Å²) in [6.07, 6.45) is 0.736. The fraction of sp³-hybridized carbons (Fsp3) is 0.421. The molecule has 2 aromatic rings. The molecular weight excluding hydrogens is 364 g/mol. The second-order valence-corrected chi connectivity index (χ2v) is 7.31. The van der Waals surface area contributed by atoms with Crippen molar-refractivity contribution in [2.75, 3.05) is 39.8 Å². The Bertz CT molecular complexity index is 783. The van der Waals surface area contributed by atoms with Gasteiger partial charge in [-0.15, -0.1) is 11.3 Å². The van der Waals surface area contributed by atoms with Gasteiger partial charge in [0.2, 0.25) is 0 Å². The summed E-state index contributed by atoms with van der Waals surface area (Å²) >= 11 is 1.61. The number of hydrogen-bond donors (Lipinski definition) is 1. The van der Waals surface area contributed by atoms with Gasteiger partial charge in [0.1, 0.15) is 5.75 Å². The number of amides is 3. The van der Waals surface area contributed by atoms with Gasteiger partial charge < -0.3 is 19.9 Å². The maximum Gasteiger partial charge on any atom is 0.317 e. The van der Waals surface area contributed by atoms with E-state index in [1.54, 1.807) is 52.5 Å². The Hall–Kier alpha value is -2.61. The van der Waals surface area contributed by atoms with Crippen molar-refractivity contribution >= 4 is 23.3 Å². The van der Waals surface area contributed by atoms with Crippen LogP contribution in [0.1, 0.15) is 21.1 Å². The number of aryl methyl sites for hydroxylation is 1. The Labute approximate surface area is 162 Å². The number of ether oxygens (including phenoxy) is 1. The van der Waals surface area contributed by atoms with Gasteiger partial charge in [0, 0.05) is 55.8 Å². The number of nitrogens with zero attached hydrogens (tertiary/aromatic N) is 3. The van der Waals surface area contributed by atoms with E-state index in [-0.39, 0.29) is 11.9 Å². The number of rotatable bonds is 5. The standard InChI is InChI=1S/C19H24N4O3S/c1-14-13-27-17(21-14)7-8-20-19(25)23-11-9-22(10-12-23)18(24)15-3-5-16(26-2)6-4-15/h3-6,13H,7-12H2,1-2H3,(H,20,25). The fourth-order valence-electron chi connectivity index (χ4n) is 2.93. The van der Waals surface area contributed by atoms with Crippen LogP contribution in [0.15, 0.2) is 29.6 Å². The van der Waals surface area contributed by atoms with Crippen molar-refractivity contribution in [2.45, 2.75) is 13.3 Å². The quantitative estimate of drug-likeness (QED) is 0.852. The van der Waals surface area contributed by atoms with E-state index in [0.717, 1.165) is 22.9 Å². The zero-order valence-corrected chi connectivity index (χ0v) is 16.4. The molecule has 1 aromatic heterocycles. The molecule has 144 valence electrons. The normalized spacial score (nSPS) is 14.1. The highest BCUT2D eigenvalue weighted by atomic mass is 32.1. The van der Waals surface area contributed by atoms with Gasteiger partial charge in [0.15, 0.2) is 0 Å². The van der Waals surface area contributed by atoms with E-state index < -0.39 is 0 Å². The van der Waals surface area contributed by atoms with Crippen LogP contribution in [-0.2, 0) is 6.42 Å². The smallest absolute Gasteiger partial charge is 0.317 e. The van der Waals surface area contributed by atoms with Crippen LogP contribution in [0.2, 0.25) is 0 Å². The number of benzene rings is 1. The summed E-state index contributed by atoms with van der Waals surface area (Å²) in [4.78, 5) is 32.8. The lowest BCUT2D eigenvalue weighted by Gasteiger charge is -2.34. The molecule has 1 saturated heterocycles. The van der Waals surface area contributed by atoms with Crippen molar-refractivity contribution in [3.05, 3.63) is 45.9 Å². The van der Waals surface area contributed by atoms with E-state index in [4.69, 9.17) is 4.74 Å². The molecule has 0 bridgehead atoms. The molecule has 1 aromatic carbocycles. The van der Waals surface area contributed by atoms with Crippen LogP contribution in [0.25, 0.3) is 0 Å². The molecule has 8 heteroatoms. The molecule has 1 aliphatic heterocycles. The first kappa shape index (κ1) is 19.2. The van der Waals surface area contributed by atoms with Crippen molar-refractivity contribution in [1.82, 2.24) is 20.1 Å². The Morgan fingerprint density at radius 1 is 1.15 bits per heavy atom. The van der Waals surface area contributed by atoms with Gasteiger partial charge in [-0.2, -0.15) is 0 Å². The van der Waals surface area contributed by atoms with Crippen LogP contribution in [0.4, 0.5) is 4.79 Å². The van der Waals surface area contributed by atoms with E-state index in [9.17, 15) is 9.59 Å². The second-order valence-electron chi connectivity index (χ2n) is 6.37. The Morgan fingerprint density at radius 3 is 2.41 bits per heavy atom. The van der Waals surface area contributed by atoms with Gasteiger partial charge >= 0.3 is 6.03 Å². The second kappa shape index (κ2) is 8.85. The summed E-state index contributed by atoms with van der Waals surface area (Å²) in [5.74, 6) is 0.706. The molecule has 0 atom stereocenters. The first-order valence-electron chi connectivity index (χ1n) is 8.94. The van der Waals surface area contributed by atoms with Crippen LogP contribution in [-0.4, -0.2) is 66.6 Å². The van der Waals surface area contributed by atoms with E-state index in [1.165, 1.54) is 0 Å². The van der Waals surface area contributed by atoms with Gasteiger partial charge in [-0.1, -0.05) is 0 Å². The van der Waals surface area contributed by atoms with Crippen molar-refractivity contribution in [3.63, 3.8) is 0 Å². The predicted octanol–water partition coefficient (Wildman–Crippen LogP) is 2.17. The minimum absolute atomic E-state index is 0.0168. The number of nitrogens with one attached hydrogen (secondary N) is 1. The highest BCUT2D eigenvalue weighted by Crippen LogP contribution is 2.14. The van der Waals surface area contributed by atoms with E-state index in [1.807, 2.05) is 12.3 Å². The number of aromatic nitrogens is 1. The van der Waals surface area contributed by atoms with E-state index in [0.29, 0.717) is 38.3 Å². The Morgan fingerprint density at radius 2 is 1.81 bits per heavy atom. The number of urea groups is 1. The summed E-state index contributed by atoms with van der Waals surface area (Å²) < 4.78 is 5.12. The monoisotopic (exact) mass is 388 g/mol. The zero-order valence-electron chi connectivity index (χ0n) is 15.6. The third-order valence-electron chi connectivity index (χ3n) is 4.47. The lowest BCUT2D eigenvalue weighted by atomic mass is 10.1. The largest absolute Gasteiger partial charge is 0.497 e. The summed E-state index contributed by atoms with van der Waals surface area (Å²) in [5.41, 5.74) is 1.64. The molecule has 0 unspecified atom stereocenters. The SMILES string of the molecule is COc1ccc(C(=O)N2CCN(C(=O)NCCc3nc(C)cs3)CC2)cc1. The third-order valence-corrected chi connectivity index (χ3v) is 5.50. The Balaban J connectivity index is 1.43. The molecule has 0 saturated carbocycles. The van der Waals surface area contributed by atoms with Gasteiger partial charge in [-0.05, 0) is 31.2 Å². The van der Waals surface area contributed by atoms with Gasteiger partial charge in [0.05, 0.1) is 12.1 Å². The molecule has 0 radical (unpaired) electrons. The fourth-order valence-corrected chi connectivity index (χ4v) is 3.71. The van der Waals surface area contributed by atoms with Crippen LogP contribution in [0.5, 0.6) is 5.75 Å². The summed E-state index contributed by atoms with van der Waals surface area (Å²) in [7, 11) is 1.60. The lowest BCUT2D eigenvalue weighted by Crippen LogP contribution is -2.53. The number of methoxy groups -OCH3 is 1. The maximum absolute atomic E-state index is 12.6. The third kappa shape index (κ3) is 4.97. The maximum atomic E-state index is 12.6. The first-order valence-corrected chi connectivity index (χ1v) is 9.82. The number of thiazole rings is 1. The molecule has 1 fully saturated rings. The average Bonchev–Trinajstić information content (AvgIpc) is 3.12. The van der Waals surface area contributed by atoms with Gasteiger partial charge in [-0.25, -0.2) is 9.78 Å². The van der Waals surface area contributed by atoms with Crippen LogP contribution >= 0.6 is 11.3 Å². The molecule has 3 rings (SSSR count). The number of hydrogen-bond acceptors (Lipinski definition) is 5. The molecular formula is C19H24N4O3S. The summed E-state index contributed by atoms with van der Waals surface area (Å²) in [6.45, 7) is 4.66. The van der Waals surface area contributed by atoms with Crippen LogP contribution in [0, 0.1) is 6.92 Å². The molecule has 0 aliphatic carbocycles. The molecule has 0 spiro atoms. The van der Waals surface area contributed by atoms with Crippen LogP contribution in [0.3, 0.4) is 0 Å². The number of carbonyl (C=O) groups is 2. The summed E-state index contributed by atoms with van der Waals surface area (Å²) in [5, 5.41) is 5.98. The van der Waals surface area contributed by atoms with E-state index in [2.05, 4.69) is 10.3 Å². The van der Waals surface area contributed by atoms with Gasteiger partial charge in [0.25, 0.3) is 5.91 Å². The molecule has 2 heterocycles. The van der Waals surface area contributed by atoms with Crippen molar-refractivity contribution in [3.8, 4) is 5.75 Å². The molecule has 1 aliphatic rings. The predicted molar refractivity (Wildman–Crippen MR) is 104 cm³/mol. The number of piperazine rings is 1. The van der Waals surface area contributed by atoms with Gasteiger partial charge in [-0.3, -0.25) is 4.79 Å². The van der Waals surface area contributed by atoms with Crippen molar-refractivity contribution in [2.24, 2.45) is 0 Å². The number of carbonyl (C=O) groups excluding carboxylic acids is 2. The summed E-state index contributed by atoms with van der Waals surface area (Å²) in [6, 6.07) is 7.00. The topological polar surface area (TPSA) is 74.8 Å². The minimum Gasteiger partial charge on any atom is -0.497 e. The molecule has 1 N–H and O–H groups in total. The lowest BCUT2D eigenvalue weighted by molar-refractivity contribution is 0.0665. The van der Waals surface area contributed by atoms with Crippen molar-refractivity contribution < 1.29 is 14.3 Å². The van der Waals surface area contributed by atoms with Crippen LogP contribution < -0.4 is 10.1 Å². The highest BCUT2D eigenvalue weighted by molar-refractivity contribution is 7.09. The molecule has 3 amide bonds. The van der Waals surface area contributed by atoms with E-state index >= 15 is 0 Å². The molecule has 27 heavy (non-hydrogen) atoms. The zero-order chi connectivity index (χ0) is 19.2.